The number of halogens is 1. The van der Waals surface area contributed by atoms with Crippen LogP contribution in [0.25, 0.3) is 0 Å². The number of aryl methyl sites for hydroxylation is 1. The van der Waals surface area contributed by atoms with Crippen molar-refractivity contribution < 1.29 is 12.8 Å². The van der Waals surface area contributed by atoms with Crippen LogP contribution in [-0.4, -0.2) is 24.5 Å². The van der Waals surface area contributed by atoms with Crippen LogP contribution in [0.15, 0.2) is 30.6 Å². The van der Waals surface area contributed by atoms with Gasteiger partial charge in [-0.05, 0) is 25.1 Å². The van der Waals surface area contributed by atoms with E-state index in [1.807, 2.05) is 20.2 Å². The van der Waals surface area contributed by atoms with E-state index in [0.29, 0.717) is 5.69 Å². The number of nitrogens with zero attached hydrogens (tertiary/aromatic N) is 2. The normalized spacial score (nSPS) is 13.0. The maximum atomic E-state index is 13.6. The van der Waals surface area contributed by atoms with Gasteiger partial charge in [0.15, 0.2) is 0 Å². The molecule has 21 heavy (non-hydrogen) atoms. The maximum Gasteiger partial charge on any atom is 0.229 e. The highest BCUT2D eigenvalue weighted by Gasteiger charge is 2.11. The van der Waals surface area contributed by atoms with Gasteiger partial charge >= 0.3 is 0 Å². The average molecular weight is 312 g/mol. The first-order valence-electron chi connectivity index (χ1n) is 6.27. The number of nitrogens with one attached hydrogen (secondary N) is 2. The molecule has 0 amide bonds. The monoisotopic (exact) mass is 312 g/mol. The van der Waals surface area contributed by atoms with Crippen LogP contribution in [0.5, 0.6) is 0 Å². The summed E-state index contributed by atoms with van der Waals surface area (Å²) in [7, 11) is -1.70. The van der Waals surface area contributed by atoms with Crippen molar-refractivity contribution in [2.75, 3.05) is 16.3 Å². The lowest BCUT2D eigenvalue weighted by molar-refractivity contribution is 0.604. The van der Waals surface area contributed by atoms with E-state index in [1.54, 1.807) is 16.9 Å². The van der Waals surface area contributed by atoms with Gasteiger partial charge in [0, 0.05) is 24.5 Å². The minimum absolute atomic E-state index is 0.0461. The molecule has 2 N–H and O–H groups in total. The molecule has 0 aliphatic carbocycles. The third-order valence-electron chi connectivity index (χ3n) is 2.87. The van der Waals surface area contributed by atoms with Crippen molar-refractivity contribution in [2.45, 2.75) is 13.0 Å². The number of aromatic nitrogens is 2. The summed E-state index contributed by atoms with van der Waals surface area (Å²) in [5, 5.41) is 7.25. The van der Waals surface area contributed by atoms with Gasteiger partial charge in [0.05, 0.1) is 24.2 Å². The zero-order valence-corrected chi connectivity index (χ0v) is 12.8. The van der Waals surface area contributed by atoms with Gasteiger partial charge in [-0.1, -0.05) is 0 Å². The first-order chi connectivity index (χ1) is 9.74. The number of hydrogen-bond donors (Lipinski definition) is 2. The number of anilines is 2. The van der Waals surface area contributed by atoms with E-state index in [1.165, 1.54) is 12.1 Å². The molecule has 1 atom stereocenters. The summed E-state index contributed by atoms with van der Waals surface area (Å²) in [4.78, 5) is 0. The molecular weight excluding hydrogens is 295 g/mol. The summed E-state index contributed by atoms with van der Waals surface area (Å²) in [5.74, 6) is -0.625. The first kappa shape index (κ1) is 15.3. The third kappa shape index (κ3) is 4.19. The Morgan fingerprint density at radius 2 is 2.10 bits per heavy atom. The van der Waals surface area contributed by atoms with Crippen LogP contribution in [0.2, 0.25) is 0 Å². The summed E-state index contributed by atoms with van der Waals surface area (Å²) in [6.45, 7) is 1.93. The Hall–Kier alpha value is -2.09. The Morgan fingerprint density at radius 1 is 1.38 bits per heavy atom. The second kappa shape index (κ2) is 5.72. The number of sulfonamides is 1. The molecule has 1 aromatic carbocycles. The van der Waals surface area contributed by atoms with Crippen LogP contribution in [0.1, 0.15) is 18.5 Å². The highest BCUT2D eigenvalue weighted by atomic mass is 32.2. The summed E-state index contributed by atoms with van der Waals surface area (Å²) < 4.78 is 39.8. The second-order valence-electron chi connectivity index (χ2n) is 4.88. The Morgan fingerprint density at radius 3 is 2.67 bits per heavy atom. The van der Waals surface area contributed by atoms with Crippen molar-refractivity contribution in [1.29, 1.82) is 0 Å². The SMILES string of the molecule is CC(Nc1ccc(F)c(NS(C)(=O)=O)c1)c1cnn(C)c1. The zero-order chi connectivity index (χ0) is 15.6. The van der Waals surface area contributed by atoms with E-state index < -0.39 is 15.8 Å². The molecule has 1 aromatic heterocycles. The molecule has 0 aliphatic rings. The molecule has 1 unspecified atom stereocenters. The predicted octanol–water partition coefficient (Wildman–Crippen LogP) is 2.10. The fourth-order valence-corrected chi connectivity index (χ4v) is 2.45. The van der Waals surface area contributed by atoms with Crippen molar-refractivity contribution in [3.05, 3.63) is 42.0 Å². The van der Waals surface area contributed by atoms with Crippen molar-refractivity contribution in [3.63, 3.8) is 0 Å². The molecule has 114 valence electrons. The molecule has 2 rings (SSSR count). The molecule has 0 bridgehead atoms. The number of rotatable bonds is 5. The standard InChI is InChI=1S/C13H17FN4O2S/c1-9(10-7-15-18(2)8-10)16-11-4-5-12(14)13(6-11)17-21(3,19)20/h4-9,16-17H,1-3H3. The molecule has 8 heteroatoms. The van der Waals surface area contributed by atoms with Gasteiger partial charge in [0.1, 0.15) is 5.82 Å². The lowest BCUT2D eigenvalue weighted by Gasteiger charge is -2.15. The van der Waals surface area contributed by atoms with Crippen molar-refractivity contribution in [2.24, 2.45) is 7.05 Å². The van der Waals surface area contributed by atoms with Crippen LogP contribution in [0, 0.1) is 5.82 Å². The van der Waals surface area contributed by atoms with E-state index in [9.17, 15) is 12.8 Å². The summed E-state index contributed by atoms with van der Waals surface area (Å²) >= 11 is 0. The summed E-state index contributed by atoms with van der Waals surface area (Å²) in [6, 6.07) is 4.14. The Labute approximate surface area is 123 Å². The van der Waals surface area contributed by atoms with E-state index >= 15 is 0 Å². The van der Waals surface area contributed by atoms with Crippen LogP contribution < -0.4 is 10.0 Å². The van der Waals surface area contributed by atoms with Gasteiger partial charge in [-0.2, -0.15) is 5.10 Å². The second-order valence-corrected chi connectivity index (χ2v) is 6.63. The van der Waals surface area contributed by atoms with E-state index in [0.717, 1.165) is 11.8 Å². The maximum absolute atomic E-state index is 13.6. The molecule has 0 spiro atoms. The Bertz CT molecular complexity index is 742. The van der Waals surface area contributed by atoms with Crippen LogP contribution in [0.4, 0.5) is 15.8 Å². The quantitative estimate of drug-likeness (QED) is 0.886. The van der Waals surface area contributed by atoms with Crippen LogP contribution >= 0.6 is 0 Å². The van der Waals surface area contributed by atoms with Gasteiger partial charge in [-0.15, -0.1) is 0 Å². The first-order valence-corrected chi connectivity index (χ1v) is 8.16. The fraction of sp³-hybridized carbons (Fsp3) is 0.308. The molecule has 0 aliphatic heterocycles. The van der Waals surface area contributed by atoms with Crippen molar-refractivity contribution >= 4 is 21.4 Å². The number of hydrogen-bond acceptors (Lipinski definition) is 4. The molecule has 1 heterocycles. The third-order valence-corrected chi connectivity index (χ3v) is 3.46. The van der Waals surface area contributed by atoms with Crippen LogP contribution in [0.3, 0.4) is 0 Å². The number of benzene rings is 1. The molecule has 6 nitrogen and oxygen atoms in total. The highest BCUT2D eigenvalue weighted by Crippen LogP contribution is 2.24. The lowest BCUT2D eigenvalue weighted by Crippen LogP contribution is -2.12. The topological polar surface area (TPSA) is 76.0 Å². The zero-order valence-electron chi connectivity index (χ0n) is 12.0. The van der Waals surface area contributed by atoms with Crippen molar-refractivity contribution in [3.8, 4) is 0 Å². The van der Waals surface area contributed by atoms with E-state index in [-0.39, 0.29) is 11.7 Å². The van der Waals surface area contributed by atoms with Crippen molar-refractivity contribution in [1.82, 2.24) is 9.78 Å². The highest BCUT2D eigenvalue weighted by molar-refractivity contribution is 7.92. The Kier molecular flexibility index (Phi) is 4.17. The molecule has 0 saturated carbocycles. The smallest absolute Gasteiger partial charge is 0.229 e. The lowest BCUT2D eigenvalue weighted by atomic mass is 10.1. The van der Waals surface area contributed by atoms with Gasteiger partial charge < -0.3 is 5.32 Å². The van der Waals surface area contributed by atoms with E-state index in [2.05, 4.69) is 15.1 Å². The van der Waals surface area contributed by atoms with Gasteiger partial charge in [-0.3, -0.25) is 9.40 Å². The average Bonchev–Trinajstić information content (AvgIpc) is 2.78. The molecule has 0 fully saturated rings. The molecule has 2 aromatic rings. The molecule has 0 radical (unpaired) electrons. The predicted molar refractivity (Wildman–Crippen MR) is 80.1 cm³/mol. The van der Waals surface area contributed by atoms with Gasteiger partial charge in [0.2, 0.25) is 10.0 Å². The Balaban J connectivity index is 2.19. The minimum atomic E-state index is -3.52. The molecule has 0 saturated heterocycles. The fourth-order valence-electron chi connectivity index (χ4n) is 1.89. The largest absolute Gasteiger partial charge is 0.378 e. The summed E-state index contributed by atoms with van der Waals surface area (Å²) in [5.41, 5.74) is 1.50. The van der Waals surface area contributed by atoms with Gasteiger partial charge in [0.25, 0.3) is 0 Å². The van der Waals surface area contributed by atoms with Gasteiger partial charge in [-0.25, -0.2) is 12.8 Å². The van der Waals surface area contributed by atoms with Crippen LogP contribution in [-0.2, 0) is 17.1 Å². The molecular formula is C13H17FN4O2S. The van der Waals surface area contributed by atoms with E-state index in [4.69, 9.17) is 0 Å². The minimum Gasteiger partial charge on any atom is -0.378 e. The summed E-state index contributed by atoms with van der Waals surface area (Å²) in [6.07, 6.45) is 4.58.